The lowest BCUT2D eigenvalue weighted by atomic mass is 10.2. The van der Waals surface area contributed by atoms with E-state index < -0.39 is 21.7 Å². The van der Waals surface area contributed by atoms with Gasteiger partial charge in [0.1, 0.15) is 0 Å². The van der Waals surface area contributed by atoms with Gasteiger partial charge in [-0.3, -0.25) is 14.6 Å². The average Bonchev–Trinajstić information content (AvgIpc) is 2.70. The Morgan fingerprint density at radius 2 is 1.70 bits per heavy atom. The fourth-order valence-electron chi connectivity index (χ4n) is 2.50. The highest BCUT2D eigenvalue weighted by Gasteiger charge is 2.16. The number of nitrogens with one attached hydrogen (secondary N) is 2. The van der Waals surface area contributed by atoms with Gasteiger partial charge in [-0.1, -0.05) is 23.2 Å². The number of carbonyl (C=O) groups is 2. The van der Waals surface area contributed by atoms with Crippen LogP contribution in [0, 0.1) is 0 Å². The Morgan fingerprint density at radius 1 is 0.933 bits per heavy atom. The zero-order chi connectivity index (χ0) is 21.9. The molecule has 3 rings (SSSR count). The quantitative estimate of drug-likeness (QED) is 0.586. The third-order valence-electron chi connectivity index (χ3n) is 4.01. The van der Waals surface area contributed by atoms with Crippen LogP contribution in [0.5, 0.6) is 0 Å². The second kappa shape index (κ2) is 8.83. The highest BCUT2D eigenvalue weighted by molar-refractivity contribution is 7.90. The van der Waals surface area contributed by atoms with E-state index in [2.05, 4.69) is 15.6 Å². The Morgan fingerprint density at radius 3 is 2.33 bits per heavy atom. The molecule has 0 atom stereocenters. The Hall–Kier alpha value is -2.94. The molecule has 0 bridgehead atoms. The van der Waals surface area contributed by atoms with E-state index in [1.165, 1.54) is 36.5 Å². The number of amides is 2. The molecule has 30 heavy (non-hydrogen) atoms. The summed E-state index contributed by atoms with van der Waals surface area (Å²) in [7, 11) is -3.45. The minimum Gasteiger partial charge on any atom is -0.322 e. The lowest BCUT2D eigenvalue weighted by Crippen LogP contribution is -2.15. The number of pyridine rings is 1. The third kappa shape index (κ3) is 5.15. The molecule has 0 aliphatic carbocycles. The van der Waals surface area contributed by atoms with E-state index in [-0.39, 0.29) is 20.5 Å². The van der Waals surface area contributed by atoms with E-state index in [0.717, 1.165) is 6.26 Å². The summed E-state index contributed by atoms with van der Waals surface area (Å²) in [6.07, 6.45) is 4.01. The fourth-order valence-corrected chi connectivity index (χ4v) is 3.64. The van der Waals surface area contributed by atoms with Crippen molar-refractivity contribution >= 4 is 56.2 Å². The molecule has 1 aromatic heterocycles. The largest absolute Gasteiger partial charge is 0.322 e. The zero-order valence-electron chi connectivity index (χ0n) is 15.5. The summed E-state index contributed by atoms with van der Waals surface area (Å²) < 4.78 is 23.2. The fraction of sp³-hybridized carbons (Fsp3) is 0.0500. The molecular weight excluding hydrogens is 449 g/mol. The molecule has 3 aromatic rings. The molecule has 0 unspecified atom stereocenters. The van der Waals surface area contributed by atoms with Crippen LogP contribution in [0.1, 0.15) is 20.7 Å². The SMILES string of the molecule is CS(=O)(=O)c1ccc(C(=O)Nc2ccc(Cl)c(NC(=O)c3cccnc3)c2)c(Cl)c1. The first-order valence-electron chi connectivity index (χ1n) is 8.47. The van der Waals surface area contributed by atoms with Crippen molar-refractivity contribution in [3.05, 3.63) is 82.1 Å². The maximum atomic E-state index is 12.6. The number of hydrogen-bond donors (Lipinski definition) is 2. The summed E-state index contributed by atoms with van der Waals surface area (Å²) in [4.78, 5) is 28.8. The van der Waals surface area contributed by atoms with Crippen molar-refractivity contribution < 1.29 is 18.0 Å². The first-order chi connectivity index (χ1) is 14.1. The number of hydrogen-bond acceptors (Lipinski definition) is 5. The topological polar surface area (TPSA) is 105 Å². The van der Waals surface area contributed by atoms with E-state index >= 15 is 0 Å². The maximum Gasteiger partial charge on any atom is 0.257 e. The highest BCUT2D eigenvalue weighted by Crippen LogP contribution is 2.27. The second-order valence-electron chi connectivity index (χ2n) is 6.26. The summed E-state index contributed by atoms with van der Waals surface area (Å²) in [5.74, 6) is -0.959. The van der Waals surface area contributed by atoms with Crippen molar-refractivity contribution in [2.45, 2.75) is 4.90 Å². The predicted octanol–water partition coefficient (Wildman–Crippen LogP) is 4.30. The Balaban J connectivity index is 1.80. The van der Waals surface area contributed by atoms with Gasteiger partial charge in [-0.15, -0.1) is 0 Å². The molecule has 1 heterocycles. The van der Waals surface area contributed by atoms with Crippen molar-refractivity contribution in [3.8, 4) is 0 Å². The molecule has 0 aliphatic rings. The van der Waals surface area contributed by atoms with E-state index in [1.54, 1.807) is 24.4 Å². The molecule has 10 heteroatoms. The van der Waals surface area contributed by atoms with E-state index in [0.29, 0.717) is 16.9 Å². The van der Waals surface area contributed by atoms with Crippen LogP contribution in [0.15, 0.2) is 65.8 Å². The van der Waals surface area contributed by atoms with Crippen LogP contribution in [-0.2, 0) is 9.84 Å². The van der Waals surface area contributed by atoms with Crippen LogP contribution >= 0.6 is 23.2 Å². The minimum atomic E-state index is -3.45. The van der Waals surface area contributed by atoms with Gasteiger partial charge in [0.15, 0.2) is 9.84 Å². The van der Waals surface area contributed by atoms with Gasteiger partial charge in [-0.25, -0.2) is 8.42 Å². The van der Waals surface area contributed by atoms with Crippen molar-refractivity contribution in [1.82, 2.24) is 4.98 Å². The number of aromatic nitrogens is 1. The average molecular weight is 464 g/mol. The Labute approximate surface area is 183 Å². The maximum absolute atomic E-state index is 12.6. The molecular formula is C20H15Cl2N3O4S. The van der Waals surface area contributed by atoms with Gasteiger partial charge in [0, 0.05) is 24.3 Å². The van der Waals surface area contributed by atoms with Crippen LogP contribution in [0.3, 0.4) is 0 Å². The number of sulfone groups is 1. The molecule has 154 valence electrons. The highest BCUT2D eigenvalue weighted by atomic mass is 35.5. The molecule has 2 N–H and O–H groups in total. The van der Waals surface area contributed by atoms with Gasteiger partial charge in [0.25, 0.3) is 11.8 Å². The Bertz CT molecular complexity index is 1230. The van der Waals surface area contributed by atoms with Crippen molar-refractivity contribution in [3.63, 3.8) is 0 Å². The third-order valence-corrected chi connectivity index (χ3v) is 5.76. The smallest absolute Gasteiger partial charge is 0.257 e. The standard InChI is InChI=1S/C20H15Cl2N3O4S/c1-30(28,29)14-5-6-15(17(22)10-14)20(27)24-13-4-7-16(21)18(9-13)25-19(26)12-3-2-8-23-11-12/h2-11H,1H3,(H,24,27)(H,25,26). The number of rotatable bonds is 5. The van der Waals surface area contributed by atoms with Crippen LogP contribution < -0.4 is 10.6 Å². The first-order valence-corrected chi connectivity index (χ1v) is 11.1. The van der Waals surface area contributed by atoms with Gasteiger partial charge >= 0.3 is 0 Å². The molecule has 0 radical (unpaired) electrons. The van der Waals surface area contributed by atoms with E-state index in [4.69, 9.17) is 23.2 Å². The normalized spacial score (nSPS) is 11.0. The minimum absolute atomic E-state index is 0.00510. The van der Waals surface area contributed by atoms with Crippen LogP contribution in [-0.4, -0.2) is 31.5 Å². The molecule has 0 aliphatic heterocycles. The van der Waals surface area contributed by atoms with Gasteiger partial charge in [0.05, 0.1) is 31.8 Å². The van der Waals surface area contributed by atoms with Crippen LogP contribution in [0.25, 0.3) is 0 Å². The summed E-state index contributed by atoms with van der Waals surface area (Å²) in [6, 6.07) is 11.6. The van der Waals surface area contributed by atoms with Crippen molar-refractivity contribution in [2.75, 3.05) is 16.9 Å². The van der Waals surface area contributed by atoms with Gasteiger partial charge < -0.3 is 10.6 Å². The zero-order valence-corrected chi connectivity index (χ0v) is 17.8. The molecule has 0 spiro atoms. The van der Waals surface area contributed by atoms with Gasteiger partial charge in [-0.2, -0.15) is 0 Å². The summed E-state index contributed by atoms with van der Waals surface area (Å²) >= 11 is 12.2. The molecule has 0 saturated heterocycles. The van der Waals surface area contributed by atoms with Gasteiger partial charge in [-0.05, 0) is 48.5 Å². The number of halogens is 2. The predicted molar refractivity (Wildman–Crippen MR) is 116 cm³/mol. The number of benzene rings is 2. The van der Waals surface area contributed by atoms with Crippen molar-refractivity contribution in [1.29, 1.82) is 0 Å². The molecule has 2 aromatic carbocycles. The molecule has 2 amide bonds. The second-order valence-corrected chi connectivity index (χ2v) is 9.09. The number of anilines is 2. The van der Waals surface area contributed by atoms with Gasteiger partial charge in [0.2, 0.25) is 0 Å². The lowest BCUT2D eigenvalue weighted by molar-refractivity contribution is 0.101. The first kappa shape index (κ1) is 21.8. The molecule has 0 saturated carbocycles. The van der Waals surface area contributed by atoms with E-state index in [9.17, 15) is 18.0 Å². The molecule has 7 nitrogen and oxygen atoms in total. The van der Waals surface area contributed by atoms with E-state index in [1.807, 2.05) is 0 Å². The summed E-state index contributed by atoms with van der Waals surface area (Å²) in [6.45, 7) is 0. The lowest BCUT2D eigenvalue weighted by Gasteiger charge is -2.11. The summed E-state index contributed by atoms with van der Waals surface area (Å²) in [5.41, 5.74) is 1.09. The van der Waals surface area contributed by atoms with Crippen LogP contribution in [0.2, 0.25) is 10.0 Å². The monoisotopic (exact) mass is 463 g/mol. The number of carbonyl (C=O) groups excluding carboxylic acids is 2. The van der Waals surface area contributed by atoms with Crippen molar-refractivity contribution in [2.24, 2.45) is 0 Å². The molecule has 0 fully saturated rings. The number of nitrogens with zero attached hydrogens (tertiary/aromatic N) is 1. The summed E-state index contributed by atoms with van der Waals surface area (Å²) in [5, 5.41) is 5.58. The Kier molecular flexibility index (Phi) is 6.40. The van der Waals surface area contributed by atoms with Crippen LogP contribution in [0.4, 0.5) is 11.4 Å².